The van der Waals surface area contributed by atoms with Gasteiger partial charge in [0.05, 0.1) is 6.54 Å². The Balaban J connectivity index is 1.91. The largest absolute Gasteiger partial charge is 0.348 e. The molecule has 0 atom stereocenters. The lowest BCUT2D eigenvalue weighted by Gasteiger charge is -2.24. The van der Waals surface area contributed by atoms with Crippen LogP contribution in [-0.4, -0.2) is 16.0 Å². The molecule has 5 nitrogen and oxygen atoms in total. The van der Waals surface area contributed by atoms with Crippen LogP contribution in [0.1, 0.15) is 23.3 Å². The fourth-order valence-corrected chi connectivity index (χ4v) is 2.83. The zero-order valence-electron chi connectivity index (χ0n) is 10.8. The molecule has 19 heavy (non-hydrogen) atoms. The average molecular weight is 275 g/mol. The Labute approximate surface area is 116 Å². The first-order chi connectivity index (χ1) is 9.28. The van der Waals surface area contributed by atoms with E-state index in [-0.39, 0.29) is 0 Å². The van der Waals surface area contributed by atoms with Crippen LogP contribution < -0.4 is 16.2 Å². The van der Waals surface area contributed by atoms with Gasteiger partial charge in [-0.2, -0.15) is 4.98 Å². The lowest BCUT2D eigenvalue weighted by atomic mass is 10.3. The van der Waals surface area contributed by atoms with Crippen molar-refractivity contribution < 1.29 is 0 Å². The Morgan fingerprint density at radius 3 is 3.00 bits per heavy atom. The van der Waals surface area contributed by atoms with E-state index in [4.69, 9.17) is 5.84 Å². The third-order valence-electron chi connectivity index (χ3n) is 3.24. The summed E-state index contributed by atoms with van der Waals surface area (Å²) in [6, 6.07) is 4.85. The smallest absolute Gasteiger partial charge is 0.239 e. The van der Waals surface area contributed by atoms with Gasteiger partial charge in [0.1, 0.15) is 5.82 Å². The minimum Gasteiger partial charge on any atom is -0.348 e. The number of nitrogen functional groups attached to an aromatic ring is 1. The van der Waals surface area contributed by atoms with Gasteiger partial charge in [-0.05, 0) is 31.2 Å². The molecular formula is C13H17N5S. The van der Waals surface area contributed by atoms with Crippen LogP contribution in [0, 0.1) is 6.92 Å². The molecule has 1 aliphatic carbocycles. The van der Waals surface area contributed by atoms with Gasteiger partial charge < -0.3 is 4.90 Å². The second-order valence-electron chi connectivity index (χ2n) is 4.78. The summed E-state index contributed by atoms with van der Waals surface area (Å²) in [6.07, 6.45) is 4.29. The van der Waals surface area contributed by atoms with Gasteiger partial charge in [0.15, 0.2) is 0 Å². The number of hydrogen-bond acceptors (Lipinski definition) is 6. The molecule has 1 saturated carbocycles. The number of thiophene rings is 1. The molecule has 0 aliphatic heterocycles. The number of aryl methyl sites for hydroxylation is 1. The molecule has 0 unspecified atom stereocenters. The highest BCUT2D eigenvalue weighted by atomic mass is 32.1. The van der Waals surface area contributed by atoms with Crippen LogP contribution in [0.25, 0.3) is 0 Å². The highest BCUT2D eigenvalue weighted by Gasteiger charge is 2.31. The minimum absolute atomic E-state index is 0.470. The van der Waals surface area contributed by atoms with Crippen LogP contribution in [0.15, 0.2) is 23.7 Å². The molecule has 0 aromatic carbocycles. The zero-order valence-corrected chi connectivity index (χ0v) is 11.7. The van der Waals surface area contributed by atoms with Crippen LogP contribution in [-0.2, 0) is 6.54 Å². The van der Waals surface area contributed by atoms with Crippen LogP contribution in [0.2, 0.25) is 0 Å². The first-order valence-corrected chi connectivity index (χ1v) is 7.25. The summed E-state index contributed by atoms with van der Waals surface area (Å²) in [5.41, 5.74) is 3.61. The molecule has 3 N–H and O–H groups in total. The van der Waals surface area contributed by atoms with E-state index in [9.17, 15) is 0 Å². The molecule has 3 rings (SSSR count). The normalized spacial score (nSPS) is 14.4. The zero-order chi connectivity index (χ0) is 13.2. The quantitative estimate of drug-likeness (QED) is 0.647. The van der Waals surface area contributed by atoms with Crippen LogP contribution >= 0.6 is 11.3 Å². The Hall–Kier alpha value is -1.66. The summed E-state index contributed by atoms with van der Waals surface area (Å²) < 4.78 is 0. The molecule has 2 aromatic rings. The van der Waals surface area contributed by atoms with Gasteiger partial charge in [-0.15, -0.1) is 11.3 Å². The van der Waals surface area contributed by atoms with Gasteiger partial charge in [0, 0.05) is 22.7 Å². The average Bonchev–Trinajstić information content (AvgIpc) is 3.14. The number of aromatic nitrogens is 2. The summed E-state index contributed by atoms with van der Waals surface area (Å²) in [5, 5.41) is 2.11. The molecule has 100 valence electrons. The van der Waals surface area contributed by atoms with E-state index in [1.54, 1.807) is 11.3 Å². The molecule has 6 heteroatoms. The molecule has 1 fully saturated rings. The van der Waals surface area contributed by atoms with Crippen molar-refractivity contribution in [3.05, 3.63) is 34.2 Å². The van der Waals surface area contributed by atoms with E-state index in [0.29, 0.717) is 12.0 Å². The van der Waals surface area contributed by atoms with Crippen LogP contribution in [0.4, 0.5) is 11.8 Å². The monoisotopic (exact) mass is 275 g/mol. The topological polar surface area (TPSA) is 67.1 Å². The van der Waals surface area contributed by atoms with E-state index < -0.39 is 0 Å². The van der Waals surface area contributed by atoms with Gasteiger partial charge in [-0.25, -0.2) is 10.8 Å². The predicted molar refractivity (Wildman–Crippen MR) is 78.1 cm³/mol. The first kappa shape index (κ1) is 12.4. The molecular weight excluding hydrogens is 258 g/mol. The lowest BCUT2D eigenvalue weighted by molar-refractivity contribution is 0.779. The number of hydrogen-bond donors (Lipinski definition) is 2. The standard InChI is InChI=1S/C13H17N5S/c1-9-7-15-13(17-14)16-12(9)18(10-4-5-10)8-11-3-2-6-19-11/h2-3,6-7,10H,4-5,8,14H2,1H3,(H,15,16,17). The SMILES string of the molecule is Cc1cnc(NN)nc1N(Cc1cccs1)C1CC1. The van der Waals surface area contributed by atoms with Crippen molar-refractivity contribution in [2.45, 2.75) is 32.4 Å². The Kier molecular flexibility index (Phi) is 3.35. The number of nitrogens with zero attached hydrogens (tertiary/aromatic N) is 3. The van der Waals surface area contributed by atoms with Gasteiger partial charge in [-0.3, -0.25) is 5.43 Å². The van der Waals surface area contributed by atoms with Gasteiger partial charge in [-0.1, -0.05) is 6.07 Å². The van der Waals surface area contributed by atoms with E-state index in [0.717, 1.165) is 17.9 Å². The van der Waals surface area contributed by atoms with Crippen LogP contribution in [0.5, 0.6) is 0 Å². The van der Waals surface area contributed by atoms with Gasteiger partial charge in [0.25, 0.3) is 0 Å². The summed E-state index contributed by atoms with van der Waals surface area (Å²) in [7, 11) is 0. The van der Waals surface area contributed by atoms with Crippen molar-refractivity contribution in [1.82, 2.24) is 9.97 Å². The van der Waals surface area contributed by atoms with E-state index >= 15 is 0 Å². The maximum Gasteiger partial charge on any atom is 0.239 e. The van der Waals surface area contributed by atoms with Crippen LogP contribution in [0.3, 0.4) is 0 Å². The third kappa shape index (κ3) is 2.69. The van der Waals surface area contributed by atoms with Gasteiger partial charge in [0.2, 0.25) is 5.95 Å². The number of nitrogens with one attached hydrogen (secondary N) is 1. The maximum absolute atomic E-state index is 5.41. The Morgan fingerprint density at radius 1 is 1.53 bits per heavy atom. The van der Waals surface area contributed by atoms with Crippen molar-refractivity contribution in [2.24, 2.45) is 5.84 Å². The molecule has 1 aliphatic rings. The molecule has 0 radical (unpaired) electrons. The maximum atomic E-state index is 5.41. The van der Waals surface area contributed by atoms with E-state index in [2.05, 4.69) is 37.8 Å². The predicted octanol–water partition coefficient (Wildman–Crippen LogP) is 2.30. The molecule has 0 saturated heterocycles. The van der Waals surface area contributed by atoms with Gasteiger partial charge >= 0.3 is 0 Å². The van der Waals surface area contributed by atoms with E-state index in [1.807, 2.05) is 13.1 Å². The fraction of sp³-hybridized carbons (Fsp3) is 0.385. The fourth-order valence-electron chi connectivity index (χ4n) is 2.13. The second kappa shape index (κ2) is 5.14. The molecule has 0 amide bonds. The highest BCUT2D eigenvalue weighted by Crippen LogP contribution is 2.34. The molecule has 2 aromatic heterocycles. The summed E-state index contributed by atoms with van der Waals surface area (Å²) in [5.74, 6) is 6.86. The Bertz CT molecular complexity index is 550. The third-order valence-corrected chi connectivity index (χ3v) is 4.10. The van der Waals surface area contributed by atoms with E-state index in [1.165, 1.54) is 17.7 Å². The number of hydrazine groups is 1. The first-order valence-electron chi connectivity index (χ1n) is 6.37. The number of rotatable bonds is 5. The second-order valence-corrected chi connectivity index (χ2v) is 5.82. The Morgan fingerprint density at radius 2 is 2.37 bits per heavy atom. The molecule has 0 spiro atoms. The minimum atomic E-state index is 0.470. The van der Waals surface area contributed by atoms with Crippen molar-refractivity contribution in [1.29, 1.82) is 0 Å². The molecule has 2 heterocycles. The van der Waals surface area contributed by atoms with Crippen molar-refractivity contribution in [2.75, 3.05) is 10.3 Å². The number of anilines is 2. The lowest BCUT2D eigenvalue weighted by Crippen LogP contribution is -2.27. The van der Waals surface area contributed by atoms with Crippen molar-refractivity contribution in [3.63, 3.8) is 0 Å². The molecule has 0 bridgehead atoms. The highest BCUT2D eigenvalue weighted by molar-refractivity contribution is 7.09. The summed E-state index contributed by atoms with van der Waals surface area (Å²) in [4.78, 5) is 12.4. The van der Waals surface area contributed by atoms with Crippen molar-refractivity contribution in [3.8, 4) is 0 Å². The van der Waals surface area contributed by atoms with Crippen molar-refractivity contribution >= 4 is 23.1 Å². The summed E-state index contributed by atoms with van der Waals surface area (Å²) in [6.45, 7) is 2.95. The summed E-state index contributed by atoms with van der Waals surface area (Å²) >= 11 is 1.78. The number of nitrogens with two attached hydrogens (primary N) is 1.